The molecule has 0 spiro atoms. The molecule has 146 valence electrons. The maximum atomic E-state index is 12.0. The molecule has 3 aromatic rings. The molecular formula is C22H21BN2O4. The zero-order valence-corrected chi connectivity index (χ0v) is 16.0. The van der Waals surface area contributed by atoms with Crippen LogP contribution in [0.2, 0.25) is 0 Å². The van der Waals surface area contributed by atoms with E-state index in [2.05, 4.69) is 10.6 Å². The molecule has 0 bridgehead atoms. The minimum Gasteiger partial charge on any atom is -0.457 e. The van der Waals surface area contributed by atoms with E-state index in [0.29, 0.717) is 24.7 Å². The van der Waals surface area contributed by atoms with Crippen LogP contribution in [0.5, 0.6) is 11.5 Å². The third-order valence-electron chi connectivity index (χ3n) is 4.70. The average molecular weight is 388 g/mol. The molecule has 1 heterocycles. The van der Waals surface area contributed by atoms with Gasteiger partial charge in [-0.1, -0.05) is 35.9 Å². The Labute approximate surface area is 169 Å². The summed E-state index contributed by atoms with van der Waals surface area (Å²) >= 11 is 0. The van der Waals surface area contributed by atoms with Crippen molar-refractivity contribution in [2.75, 3.05) is 5.32 Å². The molecule has 6 nitrogen and oxygen atoms in total. The van der Waals surface area contributed by atoms with Crippen molar-refractivity contribution in [1.82, 2.24) is 5.32 Å². The average Bonchev–Trinajstić information content (AvgIpc) is 3.09. The van der Waals surface area contributed by atoms with Gasteiger partial charge in [-0.25, -0.2) is 4.79 Å². The van der Waals surface area contributed by atoms with E-state index >= 15 is 0 Å². The molecule has 0 saturated heterocycles. The molecule has 0 aromatic heterocycles. The second-order valence-corrected chi connectivity index (χ2v) is 6.94. The number of carbonyl (C=O) groups is 1. The summed E-state index contributed by atoms with van der Waals surface area (Å²) in [4.78, 5) is 12.0. The molecule has 3 N–H and O–H groups in total. The van der Waals surface area contributed by atoms with E-state index in [1.54, 1.807) is 0 Å². The summed E-state index contributed by atoms with van der Waals surface area (Å²) in [6.07, 6.45) is 0. The van der Waals surface area contributed by atoms with Crippen molar-refractivity contribution in [2.24, 2.45) is 0 Å². The van der Waals surface area contributed by atoms with Crippen LogP contribution in [0.3, 0.4) is 0 Å². The lowest BCUT2D eigenvalue weighted by Gasteiger charge is -2.10. The molecule has 0 saturated carbocycles. The summed E-state index contributed by atoms with van der Waals surface area (Å²) in [5.41, 5.74) is 4.56. The van der Waals surface area contributed by atoms with Crippen LogP contribution in [0, 0.1) is 6.92 Å². The molecular weight excluding hydrogens is 367 g/mol. The highest BCUT2D eigenvalue weighted by Gasteiger charge is 2.27. The molecule has 0 unspecified atom stereocenters. The van der Waals surface area contributed by atoms with Crippen molar-refractivity contribution in [1.29, 1.82) is 0 Å². The van der Waals surface area contributed by atoms with Gasteiger partial charge in [0.2, 0.25) is 0 Å². The number of anilines is 1. The Bertz CT molecular complexity index is 1010. The predicted molar refractivity (Wildman–Crippen MR) is 112 cm³/mol. The molecule has 2 amide bonds. The van der Waals surface area contributed by atoms with Crippen LogP contribution in [0.15, 0.2) is 66.7 Å². The van der Waals surface area contributed by atoms with Crippen LogP contribution in [-0.2, 0) is 17.8 Å². The van der Waals surface area contributed by atoms with Gasteiger partial charge < -0.3 is 25.0 Å². The van der Waals surface area contributed by atoms with Crippen molar-refractivity contribution in [2.45, 2.75) is 20.1 Å². The molecule has 0 aliphatic carbocycles. The third kappa shape index (κ3) is 4.77. The molecule has 1 aliphatic rings. The van der Waals surface area contributed by atoms with Gasteiger partial charge >= 0.3 is 13.1 Å². The first-order valence-electron chi connectivity index (χ1n) is 9.38. The van der Waals surface area contributed by atoms with Crippen LogP contribution in [0.4, 0.5) is 10.5 Å². The standard InChI is InChI=1S/C22H21BN2O4/c1-15-2-6-18(7-3-15)25-22(26)24-13-16-4-8-19(9-5-16)29-20-10-11-21-17(12-20)14-28-23(21)27/h2-12,27H,13-14H2,1H3,(H2,24,25,26). The molecule has 7 heteroatoms. The van der Waals surface area contributed by atoms with Crippen molar-refractivity contribution < 1.29 is 19.2 Å². The van der Waals surface area contributed by atoms with Gasteiger partial charge in [0.15, 0.2) is 0 Å². The van der Waals surface area contributed by atoms with Gasteiger partial charge in [-0.05, 0) is 59.9 Å². The van der Waals surface area contributed by atoms with E-state index < -0.39 is 7.12 Å². The third-order valence-corrected chi connectivity index (χ3v) is 4.70. The fourth-order valence-corrected chi connectivity index (χ4v) is 3.08. The van der Waals surface area contributed by atoms with Gasteiger partial charge in [-0.15, -0.1) is 0 Å². The summed E-state index contributed by atoms with van der Waals surface area (Å²) in [7, 11) is -0.853. The fraction of sp³-hybridized carbons (Fsp3) is 0.136. The Hall–Kier alpha value is -3.29. The Kier molecular flexibility index (Phi) is 5.51. The predicted octanol–water partition coefficient (Wildman–Crippen LogP) is 3.33. The van der Waals surface area contributed by atoms with Gasteiger partial charge in [-0.3, -0.25) is 0 Å². The first-order chi connectivity index (χ1) is 14.1. The minimum absolute atomic E-state index is 0.253. The summed E-state index contributed by atoms with van der Waals surface area (Å²) < 4.78 is 11.1. The highest BCUT2D eigenvalue weighted by molar-refractivity contribution is 6.61. The van der Waals surface area contributed by atoms with Crippen LogP contribution in [0.25, 0.3) is 0 Å². The van der Waals surface area contributed by atoms with E-state index in [9.17, 15) is 9.82 Å². The molecule has 0 fully saturated rings. The lowest BCUT2D eigenvalue weighted by Crippen LogP contribution is -2.28. The molecule has 0 radical (unpaired) electrons. The maximum absolute atomic E-state index is 12.0. The van der Waals surface area contributed by atoms with E-state index in [-0.39, 0.29) is 6.03 Å². The SMILES string of the molecule is Cc1ccc(NC(=O)NCc2ccc(Oc3ccc4c(c3)COB4O)cc2)cc1. The van der Waals surface area contributed by atoms with E-state index in [1.807, 2.05) is 73.7 Å². The summed E-state index contributed by atoms with van der Waals surface area (Å²) in [5.74, 6) is 1.38. The molecule has 3 aromatic carbocycles. The van der Waals surface area contributed by atoms with E-state index in [0.717, 1.165) is 27.8 Å². The summed E-state index contributed by atoms with van der Waals surface area (Å²) in [6, 6.07) is 20.4. The summed E-state index contributed by atoms with van der Waals surface area (Å²) in [5, 5.41) is 15.3. The van der Waals surface area contributed by atoms with Gasteiger partial charge in [0.1, 0.15) is 11.5 Å². The number of rotatable bonds is 5. The number of ether oxygens (including phenoxy) is 1. The number of hydrogen-bond donors (Lipinski definition) is 3. The number of nitrogens with one attached hydrogen (secondary N) is 2. The maximum Gasteiger partial charge on any atom is 0.491 e. The zero-order chi connectivity index (χ0) is 20.2. The number of urea groups is 1. The van der Waals surface area contributed by atoms with Gasteiger partial charge in [0.05, 0.1) is 6.61 Å². The van der Waals surface area contributed by atoms with Crippen molar-refractivity contribution in [3.05, 3.63) is 83.4 Å². The molecule has 29 heavy (non-hydrogen) atoms. The first kappa shape index (κ1) is 19.0. The summed E-state index contributed by atoms with van der Waals surface area (Å²) in [6.45, 7) is 2.79. The lowest BCUT2D eigenvalue weighted by molar-refractivity contribution is 0.251. The van der Waals surface area contributed by atoms with Crippen LogP contribution in [-0.4, -0.2) is 18.2 Å². The Morgan fingerprint density at radius 2 is 1.79 bits per heavy atom. The van der Waals surface area contributed by atoms with Gasteiger partial charge in [0.25, 0.3) is 0 Å². The molecule has 4 rings (SSSR count). The Balaban J connectivity index is 1.30. The number of fused-ring (bicyclic) bond motifs is 1. The monoisotopic (exact) mass is 388 g/mol. The molecule has 0 atom stereocenters. The van der Waals surface area contributed by atoms with Crippen molar-refractivity contribution in [3.63, 3.8) is 0 Å². The molecule has 1 aliphatic heterocycles. The second kappa shape index (κ2) is 8.38. The topological polar surface area (TPSA) is 79.8 Å². The van der Waals surface area contributed by atoms with Crippen molar-refractivity contribution >= 4 is 24.3 Å². The quantitative estimate of drug-likeness (QED) is 0.586. The first-order valence-corrected chi connectivity index (χ1v) is 9.38. The Morgan fingerprint density at radius 1 is 1.07 bits per heavy atom. The van der Waals surface area contributed by atoms with Gasteiger partial charge in [-0.2, -0.15) is 0 Å². The van der Waals surface area contributed by atoms with Crippen molar-refractivity contribution in [3.8, 4) is 11.5 Å². The van der Waals surface area contributed by atoms with Crippen LogP contribution < -0.4 is 20.8 Å². The number of aryl methyl sites for hydroxylation is 1. The number of amides is 2. The van der Waals surface area contributed by atoms with E-state index in [4.69, 9.17) is 9.39 Å². The second-order valence-electron chi connectivity index (χ2n) is 6.94. The van der Waals surface area contributed by atoms with Crippen LogP contribution in [0.1, 0.15) is 16.7 Å². The van der Waals surface area contributed by atoms with E-state index in [1.165, 1.54) is 0 Å². The van der Waals surface area contributed by atoms with Gasteiger partial charge in [0, 0.05) is 12.2 Å². The zero-order valence-electron chi connectivity index (χ0n) is 16.0. The smallest absolute Gasteiger partial charge is 0.457 e. The van der Waals surface area contributed by atoms with Crippen LogP contribution >= 0.6 is 0 Å². The largest absolute Gasteiger partial charge is 0.491 e. The minimum atomic E-state index is -0.853. The lowest BCUT2D eigenvalue weighted by atomic mass is 9.80. The normalized spacial score (nSPS) is 12.4. The fourth-order valence-electron chi connectivity index (χ4n) is 3.08. The number of hydrogen-bond acceptors (Lipinski definition) is 4. The highest BCUT2D eigenvalue weighted by atomic mass is 16.5. The number of carbonyl (C=O) groups excluding carboxylic acids is 1. The Morgan fingerprint density at radius 3 is 2.55 bits per heavy atom. The number of benzene rings is 3. The highest BCUT2D eigenvalue weighted by Crippen LogP contribution is 2.24.